The van der Waals surface area contributed by atoms with Gasteiger partial charge >= 0.3 is 0 Å². The number of nitrogens with zero attached hydrogens (tertiary/aromatic N) is 1. The number of anilines is 1. The predicted molar refractivity (Wildman–Crippen MR) is 86.0 cm³/mol. The van der Waals surface area contributed by atoms with Crippen LogP contribution in [0.5, 0.6) is 11.5 Å². The Morgan fingerprint density at radius 2 is 2.05 bits per heavy atom. The van der Waals surface area contributed by atoms with E-state index in [-0.39, 0.29) is 12.5 Å². The van der Waals surface area contributed by atoms with Gasteiger partial charge in [-0.2, -0.15) is 0 Å². The van der Waals surface area contributed by atoms with Crippen LogP contribution in [0.3, 0.4) is 0 Å². The van der Waals surface area contributed by atoms with Gasteiger partial charge in [-0.1, -0.05) is 11.6 Å². The number of piperidine rings is 1. The average Bonchev–Trinajstić information content (AvgIpc) is 2.53. The Morgan fingerprint density at radius 1 is 1.32 bits per heavy atom. The van der Waals surface area contributed by atoms with Gasteiger partial charge in [0.25, 0.3) is 0 Å². The Hall–Kier alpha value is -1.62. The molecule has 22 heavy (non-hydrogen) atoms. The number of hydrogen-bond acceptors (Lipinski definition) is 4. The Balaban J connectivity index is 1.64. The molecule has 3 rings (SSSR count). The van der Waals surface area contributed by atoms with Crippen LogP contribution in [0.15, 0.2) is 12.1 Å². The fourth-order valence-corrected chi connectivity index (χ4v) is 3.16. The number of amides is 1. The normalized spacial score (nSPS) is 20.6. The van der Waals surface area contributed by atoms with Crippen LogP contribution >= 0.6 is 11.6 Å². The molecule has 0 aromatic heterocycles. The second kappa shape index (κ2) is 6.65. The van der Waals surface area contributed by atoms with Crippen LogP contribution in [0.2, 0.25) is 5.02 Å². The van der Waals surface area contributed by atoms with Crippen LogP contribution in [0.4, 0.5) is 5.69 Å². The Labute approximate surface area is 135 Å². The van der Waals surface area contributed by atoms with E-state index in [9.17, 15) is 4.79 Å². The van der Waals surface area contributed by atoms with Gasteiger partial charge in [0.2, 0.25) is 5.91 Å². The summed E-state index contributed by atoms with van der Waals surface area (Å²) < 4.78 is 11.0. The molecule has 1 aromatic rings. The number of ether oxygens (including phenoxy) is 2. The van der Waals surface area contributed by atoms with Gasteiger partial charge in [0.15, 0.2) is 11.5 Å². The molecule has 6 heteroatoms. The van der Waals surface area contributed by atoms with Crippen molar-refractivity contribution in [2.45, 2.75) is 32.2 Å². The monoisotopic (exact) mass is 324 g/mol. The van der Waals surface area contributed by atoms with Crippen molar-refractivity contribution in [1.82, 2.24) is 4.90 Å². The quantitative estimate of drug-likeness (QED) is 0.928. The summed E-state index contributed by atoms with van der Waals surface area (Å²) in [5, 5.41) is 3.65. The highest BCUT2D eigenvalue weighted by Crippen LogP contribution is 2.37. The Kier molecular flexibility index (Phi) is 4.62. The van der Waals surface area contributed by atoms with Gasteiger partial charge in [-0.25, -0.2) is 0 Å². The molecule has 1 amide bonds. The molecule has 1 atom stereocenters. The van der Waals surface area contributed by atoms with Crippen molar-refractivity contribution < 1.29 is 14.3 Å². The van der Waals surface area contributed by atoms with Crippen LogP contribution in [0.25, 0.3) is 0 Å². The van der Waals surface area contributed by atoms with E-state index in [4.69, 9.17) is 21.1 Å². The number of carbonyl (C=O) groups excluding carboxylic acids is 1. The zero-order valence-electron chi connectivity index (χ0n) is 12.7. The number of hydrogen-bond donors (Lipinski definition) is 1. The van der Waals surface area contributed by atoms with Crippen LogP contribution in [0.1, 0.15) is 26.2 Å². The summed E-state index contributed by atoms with van der Waals surface area (Å²) >= 11 is 6.24. The number of fused-ring (bicyclic) bond motifs is 1. The maximum atomic E-state index is 12.3. The van der Waals surface area contributed by atoms with Crippen LogP contribution in [-0.2, 0) is 4.79 Å². The summed E-state index contributed by atoms with van der Waals surface area (Å²) in [7, 11) is 0. The first kappa shape index (κ1) is 15.3. The molecule has 0 saturated carbocycles. The van der Waals surface area contributed by atoms with Gasteiger partial charge in [0.1, 0.15) is 13.2 Å². The number of benzene rings is 1. The van der Waals surface area contributed by atoms with Gasteiger partial charge in [0.05, 0.1) is 17.3 Å². The van der Waals surface area contributed by atoms with Crippen molar-refractivity contribution in [2.75, 3.05) is 31.6 Å². The zero-order chi connectivity index (χ0) is 15.5. The summed E-state index contributed by atoms with van der Waals surface area (Å²) in [6.07, 6.45) is 3.36. The highest BCUT2D eigenvalue weighted by atomic mass is 35.5. The minimum atomic E-state index is 0.109. The maximum absolute atomic E-state index is 12.3. The first-order valence-corrected chi connectivity index (χ1v) is 8.15. The molecule has 2 aliphatic heterocycles. The molecule has 0 bridgehead atoms. The van der Waals surface area contributed by atoms with Crippen molar-refractivity contribution in [3.05, 3.63) is 17.2 Å². The number of likely N-dealkylation sites (tertiary alicyclic amines) is 1. The number of rotatable bonds is 3. The van der Waals surface area contributed by atoms with Crippen molar-refractivity contribution in [3.63, 3.8) is 0 Å². The van der Waals surface area contributed by atoms with E-state index >= 15 is 0 Å². The van der Waals surface area contributed by atoms with E-state index < -0.39 is 0 Å². The molecule has 5 nitrogen and oxygen atoms in total. The third kappa shape index (κ3) is 3.24. The van der Waals surface area contributed by atoms with Crippen molar-refractivity contribution in [3.8, 4) is 11.5 Å². The molecular formula is C16H21ClN2O3. The molecule has 1 N–H and O–H groups in total. The van der Waals surface area contributed by atoms with E-state index in [1.807, 2.05) is 4.90 Å². The second-order valence-corrected chi connectivity index (χ2v) is 6.17. The summed E-state index contributed by atoms with van der Waals surface area (Å²) in [6, 6.07) is 3.84. The molecular weight excluding hydrogens is 304 g/mol. The van der Waals surface area contributed by atoms with Crippen LogP contribution in [-0.4, -0.2) is 43.2 Å². The second-order valence-electron chi connectivity index (χ2n) is 5.76. The van der Waals surface area contributed by atoms with Crippen LogP contribution in [0, 0.1) is 0 Å². The van der Waals surface area contributed by atoms with Gasteiger partial charge in [-0.05, 0) is 26.2 Å². The smallest absolute Gasteiger partial charge is 0.242 e. The summed E-state index contributed by atoms with van der Waals surface area (Å²) in [5.74, 6) is 1.42. The lowest BCUT2D eigenvalue weighted by Gasteiger charge is -2.33. The highest BCUT2D eigenvalue weighted by Gasteiger charge is 2.23. The van der Waals surface area contributed by atoms with E-state index in [0.717, 1.165) is 19.4 Å². The first-order valence-electron chi connectivity index (χ1n) is 7.77. The average molecular weight is 325 g/mol. The Bertz CT molecular complexity index is 565. The Morgan fingerprint density at radius 3 is 2.77 bits per heavy atom. The SMILES string of the molecule is CC1CCCCN1C(=O)CNc1cc2c(cc1Cl)OCCO2. The maximum Gasteiger partial charge on any atom is 0.242 e. The lowest BCUT2D eigenvalue weighted by Crippen LogP contribution is -2.44. The summed E-state index contributed by atoms with van der Waals surface area (Å²) in [4.78, 5) is 14.3. The van der Waals surface area contributed by atoms with E-state index in [1.165, 1.54) is 6.42 Å². The molecule has 2 aliphatic rings. The first-order chi connectivity index (χ1) is 10.6. The molecule has 0 spiro atoms. The molecule has 0 radical (unpaired) electrons. The topological polar surface area (TPSA) is 50.8 Å². The minimum Gasteiger partial charge on any atom is -0.486 e. The number of carbonyl (C=O) groups is 1. The standard InChI is InChI=1S/C16H21ClN2O3/c1-11-4-2-3-5-19(11)16(20)10-18-13-9-15-14(8-12(13)17)21-6-7-22-15/h8-9,11,18H,2-7,10H2,1H3. The molecule has 1 saturated heterocycles. The third-order valence-corrected chi connectivity index (χ3v) is 4.50. The van der Waals surface area contributed by atoms with Gasteiger partial charge in [0, 0.05) is 24.7 Å². The van der Waals surface area contributed by atoms with E-state index in [0.29, 0.717) is 41.5 Å². The number of nitrogens with one attached hydrogen (secondary N) is 1. The summed E-state index contributed by atoms with van der Waals surface area (Å²) in [5.41, 5.74) is 0.698. The molecule has 1 aromatic carbocycles. The van der Waals surface area contributed by atoms with E-state index in [1.54, 1.807) is 12.1 Å². The molecule has 0 aliphatic carbocycles. The lowest BCUT2D eigenvalue weighted by molar-refractivity contribution is -0.132. The number of halogens is 1. The molecule has 120 valence electrons. The van der Waals surface area contributed by atoms with Gasteiger partial charge in [-0.3, -0.25) is 4.79 Å². The van der Waals surface area contributed by atoms with Gasteiger partial charge in [-0.15, -0.1) is 0 Å². The third-order valence-electron chi connectivity index (χ3n) is 4.19. The lowest BCUT2D eigenvalue weighted by atomic mass is 10.0. The van der Waals surface area contributed by atoms with Gasteiger partial charge < -0.3 is 19.7 Å². The van der Waals surface area contributed by atoms with E-state index in [2.05, 4.69) is 12.2 Å². The predicted octanol–water partition coefficient (Wildman–Crippen LogP) is 2.92. The highest BCUT2D eigenvalue weighted by molar-refractivity contribution is 6.33. The summed E-state index contributed by atoms with van der Waals surface area (Å²) in [6.45, 7) is 4.24. The van der Waals surface area contributed by atoms with Crippen molar-refractivity contribution >= 4 is 23.2 Å². The molecule has 2 heterocycles. The minimum absolute atomic E-state index is 0.109. The van der Waals surface area contributed by atoms with Crippen LogP contribution < -0.4 is 14.8 Å². The fourth-order valence-electron chi connectivity index (χ4n) is 2.94. The fraction of sp³-hybridized carbons (Fsp3) is 0.562. The van der Waals surface area contributed by atoms with Crippen molar-refractivity contribution in [1.29, 1.82) is 0 Å². The molecule has 1 unspecified atom stereocenters. The largest absolute Gasteiger partial charge is 0.486 e. The van der Waals surface area contributed by atoms with Crippen molar-refractivity contribution in [2.24, 2.45) is 0 Å². The zero-order valence-corrected chi connectivity index (χ0v) is 13.5. The molecule has 1 fully saturated rings.